The third-order valence-electron chi connectivity index (χ3n) is 2.48. The summed E-state index contributed by atoms with van der Waals surface area (Å²) in [7, 11) is 0. The quantitative estimate of drug-likeness (QED) is 0.738. The molecule has 1 aromatic rings. The van der Waals surface area contributed by atoms with E-state index < -0.39 is 0 Å². The molecule has 0 aliphatic rings. The molecule has 0 radical (unpaired) electrons. The molecule has 2 nitrogen and oxygen atoms in total. The molecule has 96 valence electrons. The molecule has 1 N–H and O–H groups in total. The van der Waals surface area contributed by atoms with Gasteiger partial charge in [-0.2, -0.15) is 0 Å². The Hall–Kier alpha value is -0.380. The van der Waals surface area contributed by atoms with Gasteiger partial charge in [-0.1, -0.05) is 48.0 Å². The molecule has 0 aliphatic heterocycles. The molecular formula is C14H22BrNO. The summed E-state index contributed by atoms with van der Waals surface area (Å²) < 4.78 is 6.78. The number of nitrogens with one attached hydrogen (secondary N) is 1. The van der Waals surface area contributed by atoms with Gasteiger partial charge in [0, 0.05) is 17.1 Å². The smallest absolute Gasteiger partial charge is 0.0727 e. The van der Waals surface area contributed by atoms with E-state index in [2.05, 4.69) is 41.2 Å². The van der Waals surface area contributed by atoms with Gasteiger partial charge < -0.3 is 10.1 Å². The van der Waals surface area contributed by atoms with Crippen LogP contribution in [0.4, 0.5) is 0 Å². The van der Waals surface area contributed by atoms with Crippen LogP contribution in [-0.2, 0) is 11.3 Å². The first-order valence-corrected chi connectivity index (χ1v) is 7.04. The Morgan fingerprint density at radius 2 is 2.00 bits per heavy atom. The van der Waals surface area contributed by atoms with E-state index in [0.717, 1.165) is 24.0 Å². The number of halogens is 1. The molecule has 0 saturated heterocycles. The highest BCUT2D eigenvalue weighted by molar-refractivity contribution is 9.10. The van der Waals surface area contributed by atoms with Crippen LogP contribution in [0, 0.1) is 0 Å². The van der Waals surface area contributed by atoms with Crippen molar-refractivity contribution in [2.75, 3.05) is 13.2 Å². The number of unbranched alkanes of at least 4 members (excludes halogenated alkanes) is 1. The number of rotatable bonds is 8. The van der Waals surface area contributed by atoms with Crippen molar-refractivity contribution >= 4 is 15.9 Å². The Balaban J connectivity index is 2.03. The lowest BCUT2D eigenvalue weighted by Crippen LogP contribution is -2.23. The summed E-state index contributed by atoms with van der Waals surface area (Å²) in [6, 6.07) is 8.77. The van der Waals surface area contributed by atoms with Crippen LogP contribution >= 0.6 is 15.9 Å². The van der Waals surface area contributed by atoms with Crippen molar-refractivity contribution in [1.82, 2.24) is 5.32 Å². The fourth-order valence-electron chi connectivity index (χ4n) is 1.52. The molecule has 0 unspecified atom stereocenters. The molecule has 0 fully saturated rings. The Labute approximate surface area is 113 Å². The Morgan fingerprint density at radius 1 is 1.24 bits per heavy atom. The Morgan fingerprint density at radius 3 is 2.71 bits per heavy atom. The van der Waals surface area contributed by atoms with E-state index in [1.165, 1.54) is 12.0 Å². The molecule has 0 heterocycles. The second kappa shape index (κ2) is 8.67. The van der Waals surface area contributed by atoms with Gasteiger partial charge in [0.1, 0.15) is 0 Å². The minimum Gasteiger partial charge on any atom is -0.377 e. The predicted molar refractivity (Wildman–Crippen MR) is 76.2 cm³/mol. The highest BCUT2D eigenvalue weighted by Gasteiger charge is 1.98. The molecule has 3 heteroatoms. The fraction of sp³-hybridized carbons (Fsp3) is 0.571. The van der Waals surface area contributed by atoms with Gasteiger partial charge in [-0.25, -0.2) is 0 Å². The third-order valence-corrected chi connectivity index (χ3v) is 3.26. The highest BCUT2D eigenvalue weighted by atomic mass is 79.9. The first kappa shape index (κ1) is 14.7. The number of hydrogen-bond donors (Lipinski definition) is 1. The van der Waals surface area contributed by atoms with E-state index in [1.807, 2.05) is 18.2 Å². The van der Waals surface area contributed by atoms with Gasteiger partial charge in [0.2, 0.25) is 0 Å². The lowest BCUT2D eigenvalue weighted by molar-refractivity contribution is 0.116. The van der Waals surface area contributed by atoms with Crippen LogP contribution in [0.25, 0.3) is 0 Å². The summed E-state index contributed by atoms with van der Waals surface area (Å²) in [5.41, 5.74) is 1.22. The Bertz CT molecular complexity index is 315. The van der Waals surface area contributed by atoms with Crippen molar-refractivity contribution < 1.29 is 4.74 Å². The minimum atomic E-state index is 0.580. The summed E-state index contributed by atoms with van der Waals surface area (Å²) in [4.78, 5) is 0. The van der Waals surface area contributed by atoms with E-state index in [-0.39, 0.29) is 0 Å². The van der Waals surface area contributed by atoms with E-state index in [1.54, 1.807) is 0 Å². The lowest BCUT2D eigenvalue weighted by atomic mass is 10.2. The zero-order valence-electron chi connectivity index (χ0n) is 10.7. The number of hydrogen-bond acceptors (Lipinski definition) is 2. The van der Waals surface area contributed by atoms with E-state index in [0.29, 0.717) is 12.6 Å². The average molecular weight is 300 g/mol. The average Bonchev–Trinajstić information content (AvgIpc) is 2.30. The molecule has 0 spiro atoms. The van der Waals surface area contributed by atoms with Gasteiger partial charge >= 0.3 is 0 Å². The molecule has 0 amide bonds. The largest absolute Gasteiger partial charge is 0.377 e. The first-order chi connectivity index (χ1) is 8.20. The van der Waals surface area contributed by atoms with Crippen molar-refractivity contribution in [1.29, 1.82) is 0 Å². The van der Waals surface area contributed by atoms with Gasteiger partial charge in [0.05, 0.1) is 6.61 Å². The van der Waals surface area contributed by atoms with Gasteiger partial charge in [-0.3, -0.25) is 0 Å². The second-order valence-corrected chi connectivity index (χ2v) is 5.31. The maximum atomic E-state index is 5.65. The van der Waals surface area contributed by atoms with Crippen molar-refractivity contribution in [3.63, 3.8) is 0 Å². The van der Waals surface area contributed by atoms with Crippen molar-refractivity contribution in [2.24, 2.45) is 0 Å². The summed E-state index contributed by atoms with van der Waals surface area (Å²) in [5.74, 6) is 0. The van der Waals surface area contributed by atoms with Gasteiger partial charge in [-0.05, 0) is 31.0 Å². The van der Waals surface area contributed by atoms with Crippen molar-refractivity contribution in [2.45, 2.75) is 39.3 Å². The van der Waals surface area contributed by atoms with Crippen LogP contribution in [0.15, 0.2) is 28.7 Å². The topological polar surface area (TPSA) is 21.3 Å². The monoisotopic (exact) mass is 299 g/mol. The molecule has 17 heavy (non-hydrogen) atoms. The van der Waals surface area contributed by atoms with Crippen LogP contribution in [0.3, 0.4) is 0 Å². The fourth-order valence-corrected chi connectivity index (χ4v) is 1.92. The highest BCUT2D eigenvalue weighted by Crippen LogP contribution is 2.16. The molecule has 0 atom stereocenters. The van der Waals surface area contributed by atoms with E-state index >= 15 is 0 Å². The van der Waals surface area contributed by atoms with Crippen molar-refractivity contribution in [3.05, 3.63) is 34.3 Å². The van der Waals surface area contributed by atoms with Gasteiger partial charge in [0.25, 0.3) is 0 Å². The summed E-state index contributed by atoms with van der Waals surface area (Å²) in [5, 5.41) is 3.40. The van der Waals surface area contributed by atoms with Crippen LogP contribution in [0.1, 0.15) is 32.3 Å². The van der Waals surface area contributed by atoms with Crippen LogP contribution < -0.4 is 5.32 Å². The molecule has 0 bridgehead atoms. The van der Waals surface area contributed by atoms with Gasteiger partial charge in [-0.15, -0.1) is 0 Å². The minimum absolute atomic E-state index is 0.580. The molecule has 1 rings (SSSR count). The third kappa shape index (κ3) is 6.81. The van der Waals surface area contributed by atoms with Crippen LogP contribution in [0.2, 0.25) is 0 Å². The molecule has 0 aromatic heterocycles. The maximum Gasteiger partial charge on any atom is 0.0727 e. The molecule has 1 aromatic carbocycles. The van der Waals surface area contributed by atoms with E-state index in [4.69, 9.17) is 4.74 Å². The predicted octanol–water partition coefficient (Wildman–Crippen LogP) is 3.74. The number of ether oxygens (including phenoxy) is 1. The first-order valence-electron chi connectivity index (χ1n) is 6.24. The summed E-state index contributed by atoms with van der Waals surface area (Å²) >= 11 is 3.52. The summed E-state index contributed by atoms with van der Waals surface area (Å²) in [6.07, 6.45) is 2.29. The Kier molecular flexibility index (Phi) is 7.49. The standard InChI is InChI=1S/C14H22BrNO/c1-12(2)16-9-5-6-10-17-11-13-7-3-4-8-14(13)15/h3-4,7-8,12,16H,5-6,9-11H2,1-2H3. The molecule has 0 saturated carbocycles. The molecular weight excluding hydrogens is 278 g/mol. The van der Waals surface area contributed by atoms with Crippen LogP contribution in [0.5, 0.6) is 0 Å². The van der Waals surface area contributed by atoms with E-state index in [9.17, 15) is 0 Å². The maximum absolute atomic E-state index is 5.65. The molecule has 0 aliphatic carbocycles. The lowest BCUT2D eigenvalue weighted by Gasteiger charge is -2.08. The second-order valence-electron chi connectivity index (χ2n) is 4.46. The zero-order valence-corrected chi connectivity index (χ0v) is 12.3. The zero-order chi connectivity index (χ0) is 12.5. The van der Waals surface area contributed by atoms with Crippen LogP contribution in [-0.4, -0.2) is 19.2 Å². The normalized spacial score (nSPS) is 11.1. The number of benzene rings is 1. The van der Waals surface area contributed by atoms with Crippen molar-refractivity contribution in [3.8, 4) is 0 Å². The summed E-state index contributed by atoms with van der Waals surface area (Å²) in [6.45, 7) is 6.95. The SMILES string of the molecule is CC(C)NCCCCOCc1ccccc1Br. The van der Waals surface area contributed by atoms with Gasteiger partial charge in [0.15, 0.2) is 0 Å².